The van der Waals surface area contributed by atoms with Crippen molar-refractivity contribution in [3.63, 3.8) is 0 Å². The molecule has 164 valence electrons. The number of hydrogen-bond acceptors (Lipinski definition) is 6. The van der Waals surface area contributed by atoms with E-state index < -0.39 is 0 Å². The molecule has 0 bridgehead atoms. The van der Waals surface area contributed by atoms with Crippen LogP contribution in [0.2, 0.25) is 0 Å². The van der Waals surface area contributed by atoms with Gasteiger partial charge >= 0.3 is 0 Å². The van der Waals surface area contributed by atoms with E-state index in [0.717, 1.165) is 11.1 Å². The minimum atomic E-state index is -0.0781. The van der Waals surface area contributed by atoms with Gasteiger partial charge < -0.3 is 28.7 Å². The van der Waals surface area contributed by atoms with Gasteiger partial charge in [0.1, 0.15) is 0 Å². The van der Waals surface area contributed by atoms with Crippen LogP contribution in [0.3, 0.4) is 0 Å². The highest BCUT2D eigenvalue weighted by atomic mass is 16.7. The molecule has 3 aliphatic heterocycles. The standard InChI is InChI=1S/C24H22N2O6/c27-23(7-3-17-1-5-19-21(13-17)31-15-29-19)25-9-11-26(12-10-25)24(28)8-4-18-2-6-20-22(14-18)32-16-30-20/h1-8,13-14H,9-12,15-16H2/b7-3+,8-4+. The number of hydrogen-bond donors (Lipinski definition) is 0. The first kappa shape index (κ1) is 20.0. The number of rotatable bonds is 4. The van der Waals surface area contributed by atoms with Crippen molar-refractivity contribution >= 4 is 24.0 Å². The van der Waals surface area contributed by atoms with Gasteiger partial charge in [-0.2, -0.15) is 0 Å². The molecule has 0 aliphatic carbocycles. The van der Waals surface area contributed by atoms with Crippen molar-refractivity contribution in [3.05, 3.63) is 59.7 Å². The number of amides is 2. The highest BCUT2D eigenvalue weighted by Crippen LogP contribution is 2.33. The van der Waals surface area contributed by atoms with E-state index >= 15 is 0 Å². The van der Waals surface area contributed by atoms with E-state index in [1.807, 2.05) is 36.4 Å². The number of piperazine rings is 1. The molecule has 0 saturated carbocycles. The van der Waals surface area contributed by atoms with Gasteiger partial charge in [-0.15, -0.1) is 0 Å². The van der Waals surface area contributed by atoms with E-state index in [-0.39, 0.29) is 25.4 Å². The first-order valence-corrected chi connectivity index (χ1v) is 10.4. The predicted octanol–water partition coefficient (Wildman–Crippen LogP) is 2.54. The van der Waals surface area contributed by atoms with Crippen LogP contribution >= 0.6 is 0 Å². The Bertz CT molecular complexity index is 1010. The van der Waals surface area contributed by atoms with E-state index in [4.69, 9.17) is 18.9 Å². The van der Waals surface area contributed by atoms with Crippen LogP contribution in [-0.2, 0) is 9.59 Å². The Morgan fingerprint density at radius 2 is 1.03 bits per heavy atom. The van der Waals surface area contributed by atoms with Crippen molar-refractivity contribution in [2.45, 2.75) is 0 Å². The second kappa shape index (κ2) is 8.66. The molecule has 2 aromatic rings. The normalized spacial score (nSPS) is 16.9. The smallest absolute Gasteiger partial charge is 0.246 e. The minimum Gasteiger partial charge on any atom is -0.454 e. The molecule has 0 N–H and O–H groups in total. The third-order valence-electron chi connectivity index (χ3n) is 5.53. The largest absolute Gasteiger partial charge is 0.454 e. The molecular weight excluding hydrogens is 412 g/mol. The Hall–Kier alpha value is -3.94. The molecule has 3 aliphatic rings. The van der Waals surface area contributed by atoms with Gasteiger partial charge in [0.2, 0.25) is 25.4 Å². The summed E-state index contributed by atoms with van der Waals surface area (Å²) in [5, 5.41) is 0. The molecule has 32 heavy (non-hydrogen) atoms. The Morgan fingerprint density at radius 1 is 0.625 bits per heavy atom. The van der Waals surface area contributed by atoms with Crippen LogP contribution in [0.1, 0.15) is 11.1 Å². The van der Waals surface area contributed by atoms with Crippen LogP contribution in [0.25, 0.3) is 12.2 Å². The average molecular weight is 434 g/mol. The van der Waals surface area contributed by atoms with Crippen LogP contribution in [0, 0.1) is 0 Å². The van der Waals surface area contributed by atoms with Crippen LogP contribution in [0.4, 0.5) is 0 Å². The van der Waals surface area contributed by atoms with Gasteiger partial charge in [-0.1, -0.05) is 12.1 Å². The average Bonchev–Trinajstić information content (AvgIpc) is 3.49. The zero-order valence-corrected chi connectivity index (χ0v) is 17.4. The summed E-state index contributed by atoms with van der Waals surface area (Å²) >= 11 is 0. The molecule has 8 heteroatoms. The summed E-state index contributed by atoms with van der Waals surface area (Å²) in [4.78, 5) is 28.5. The summed E-state index contributed by atoms with van der Waals surface area (Å²) in [5.74, 6) is 2.63. The van der Waals surface area contributed by atoms with Gasteiger partial charge in [0.15, 0.2) is 23.0 Å². The van der Waals surface area contributed by atoms with E-state index in [1.54, 1.807) is 34.1 Å². The Kier molecular flexibility index (Phi) is 5.41. The van der Waals surface area contributed by atoms with E-state index in [0.29, 0.717) is 49.2 Å². The van der Waals surface area contributed by atoms with Crippen molar-refractivity contribution in [1.29, 1.82) is 0 Å². The van der Waals surface area contributed by atoms with Gasteiger partial charge in [-0.05, 0) is 47.5 Å². The van der Waals surface area contributed by atoms with Gasteiger partial charge in [0.25, 0.3) is 0 Å². The fraction of sp³-hybridized carbons (Fsp3) is 0.250. The van der Waals surface area contributed by atoms with Crippen LogP contribution in [0.5, 0.6) is 23.0 Å². The molecule has 1 saturated heterocycles. The summed E-state index contributed by atoms with van der Waals surface area (Å²) in [6.45, 7) is 2.41. The Morgan fingerprint density at radius 3 is 1.47 bits per heavy atom. The first-order chi connectivity index (χ1) is 15.7. The maximum atomic E-state index is 12.5. The lowest BCUT2D eigenvalue weighted by Crippen LogP contribution is -2.49. The number of benzene rings is 2. The number of nitrogens with zero attached hydrogens (tertiary/aromatic N) is 2. The minimum absolute atomic E-state index is 0.0781. The maximum absolute atomic E-state index is 12.5. The Balaban J connectivity index is 1.12. The number of carbonyl (C=O) groups is 2. The molecule has 2 aromatic carbocycles. The van der Waals surface area contributed by atoms with Crippen molar-refractivity contribution in [3.8, 4) is 23.0 Å². The summed E-state index contributed by atoms with van der Waals surface area (Å²) in [7, 11) is 0. The fourth-order valence-electron chi connectivity index (χ4n) is 3.73. The van der Waals surface area contributed by atoms with Crippen molar-refractivity contribution in [2.24, 2.45) is 0 Å². The molecule has 3 heterocycles. The second-order valence-corrected chi connectivity index (χ2v) is 7.54. The monoisotopic (exact) mass is 434 g/mol. The molecule has 1 fully saturated rings. The zero-order chi connectivity index (χ0) is 21.9. The van der Waals surface area contributed by atoms with Gasteiger partial charge in [0, 0.05) is 38.3 Å². The van der Waals surface area contributed by atoms with Crippen LogP contribution in [-0.4, -0.2) is 61.4 Å². The first-order valence-electron chi connectivity index (χ1n) is 10.4. The summed E-state index contributed by atoms with van der Waals surface area (Å²) in [6, 6.07) is 11.1. The third-order valence-corrected chi connectivity index (χ3v) is 5.53. The molecular formula is C24H22N2O6. The highest BCUT2D eigenvalue weighted by Gasteiger charge is 2.22. The molecule has 0 unspecified atom stereocenters. The SMILES string of the molecule is O=C(/C=C/c1ccc2c(c1)OCO2)N1CCN(C(=O)/C=C/c2ccc3c(c2)OCO3)CC1. The maximum Gasteiger partial charge on any atom is 0.246 e. The molecule has 2 amide bonds. The topological polar surface area (TPSA) is 77.5 Å². The number of carbonyl (C=O) groups excluding carboxylic acids is 2. The van der Waals surface area contributed by atoms with Crippen LogP contribution < -0.4 is 18.9 Å². The predicted molar refractivity (Wildman–Crippen MR) is 116 cm³/mol. The molecule has 5 rings (SSSR count). The van der Waals surface area contributed by atoms with Crippen LogP contribution in [0.15, 0.2) is 48.6 Å². The molecule has 0 aromatic heterocycles. The lowest BCUT2D eigenvalue weighted by molar-refractivity contribution is -0.133. The highest BCUT2D eigenvalue weighted by molar-refractivity contribution is 5.93. The van der Waals surface area contributed by atoms with Crippen molar-refractivity contribution < 1.29 is 28.5 Å². The summed E-state index contributed by atoms with van der Waals surface area (Å²) in [5.41, 5.74) is 1.73. The number of fused-ring (bicyclic) bond motifs is 2. The van der Waals surface area contributed by atoms with E-state index in [2.05, 4.69) is 0 Å². The molecule has 0 spiro atoms. The zero-order valence-electron chi connectivity index (χ0n) is 17.4. The summed E-state index contributed by atoms with van der Waals surface area (Å²) in [6.07, 6.45) is 6.62. The number of ether oxygens (including phenoxy) is 4. The van der Waals surface area contributed by atoms with Gasteiger partial charge in [-0.3, -0.25) is 9.59 Å². The molecule has 0 radical (unpaired) electrons. The molecule has 8 nitrogen and oxygen atoms in total. The quantitative estimate of drug-likeness (QED) is 0.689. The lowest BCUT2D eigenvalue weighted by Gasteiger charge is -2.33. The van der Waals surface area contributed by atoms with Crippen molar-refractivity contribution in [1.82, 2.24) is 9.80 Å². The second-order valence-electron chi connectivity index (χ2n) is 7.54. The van der Waals surface area contributed by atoms with Crippen molar-refractivity contribution in [2.75, 3.05) is 39.8 Å². The van der Waals surface area contributed by atoms with E-state index in [9.17, 15) is 9.59 Å². The molecule has 0 atom stereocenters. The Labute approximate surface area is 185 Å². The lowest BCUT2D eigenvalue weighted by atomic mass is 10.1. The third kappa shape index (κ3) is 4.25. The van der Waals surface area contributed by atoms with Gasteiger partial charge in [-0.25, -0.2) is 0 Å². The van der Waals surface area contributed by atoms with Gasteiger partial charge in [0.05, 0.1) is 0 Å². The van der Waals surface area contributed by atoms with E-state index in [1.165, 1.54) is 0 Å². The summed E-state index contributed by atoms with van der Waals surface area (Å²) < 4.78 is 21.3. The fourth-order valence-corrected chi connectivity index (χ4v) is 3.73.